The van der Waals surface area contributed by atoms with E-state index in [2.05, 4.69) is 5.32 Å². The van der Waals surface area contributed by atoms with Crippen molar-refractivity contribution >= 4 is 5.91 Å². The summed E-state index contributed by atoms with van der Waals surface area (Å²) in [5.74, 6) is 1.23. The number of nitrogens with one attached hydrogen (secondary N) is 1. The van der Waals surface area contributed by atoms with E-state index in [0.29, 0.717) is 0 Å². The highest BCUT2D eigenvalue weighted by Crippen LogP contribution is 2.29. The number of carbonyl (C=O) groups excluding carboxylic acids is 1. The van der Waals surface area contributed by atoms with Crippen LogP contribution in [0.3, 0.4) is 0 Å². The van der Waals surface area contributed by atoms with E-state index in [1.165, 1.54) is 0 Å². The Balaban J connectivity index is 1.90. The molecule has 0 saturated heterocycles. The standard InChI is InChI=1S/C10H13NO2/c1-7(9-3-2-6-13-9)11-10(12)8-4-5-8/h2-3,6-8H,4-5H2,1H3,(H,11,12). The molecule has 0 bridgehead atoms. The van der Waals surface area contributed by atoms with Gasteiger partial charge >= 0.3 is 0 Å². The first-order valence-corrected chi connectivity index (χ1v) is 4.61. The average molecular weight is 179 g/mol. The molecule has 70 valence electrons. The fourth-order valence-corrected chi connectivity index (χ4v) is 1.29. The summed E-state index contributed by atoms with van der Waals surface area (Å²) >= 11 is 0. The van der Waals surface area contributed by atoms with Crippen LogP contribution in [-0.2, 0) is 4.79 Å². The molecule has 0 spiro atoms. The summed E-state index contributed by atoms with van der Waals surface area (Å²) in [6.45, 7) is 1.93. The largest absolute Gasteiger partial charge is 0.467 e. The predicted octanol–water partition coefficient (Wildman–Crippen LogP) is 1.87. The van der Waals surface area contributed by atoms with Gasteiger partial charge in [0.25, 0.3) is 0 Å². The van der Waals surface area contributed by atoms with Gasteiger partial charge in [0.15, 0.2) is 0 Å². The molecule has 1 aromatic rings. The Hall–Kier alpha value is -1.25. The molecule has 1 heterocycles. The fraction of sp³-hybridized carbons (Fsp3) is 0.500. The third-order valence-corrected chi connectivity index (χ3v) is 2.28. The summed E-state index contributed by atoms with van der Waals surface area (Å²) in [6.07, 6.45) is 3.70. The molecule has 1 atom stereocenters. The van der Waals surface area contributed by atoms with Gasteiger partial charge in [-0.1, -0.05) is 0 Å². The van der Waals surface area contributed by atoms with E-state index < -0.39 is 0 Å². The maximum absolute atomic E-state index is 11.4. The number of hydrogen-bond acceptors (Lipinski definition) is 2. The van der Waals surface area contributed by atoms with E-state index in [4.69, 9.17) is 4.42 Å². The summed E-state index contributed by atoms with van der Waals surface area (Å²) in [4.78, 5) is 11.4. The van der Waals surface area contributed by atoms with Crippen molar-refractivity contribution in [3.8, 4) is 0 Å². The molecule has 1 unspecified atom stereocenters. The minimum absolute atomic E-state index is 0.0110. The molecular formula is C10H13NO2. The lowest BCUT2D eigenvalue weighted by atomic mass is 10.2. The first-order chi connectivity index (χ1) is 6.27. The van der Waals surface area contributed by atoms with Crippen LogP contribution < -0.4 is 5.32 Å². The van der Waals surface area contributed by atoms with Crippen LogP contribution in [0.15, 0.2) is 22.8 Å². The van der Waals surface area contributed by atoms with Gasteiger partial charge in [0.05, 0.1) is 12.3 Å². The lowest BCUT2D eigenvalue weighted by Gasteiger charge is -2.10. The second-order valence-corrected chi connectivity index (χ2v) is 3.52. The van der Waals surface area contributed by atoms with Crippen LogP contribution >= 0.6 is 0 Å². The number of amides is 1. The highest BCUT2D eigenvalue weighted by atomic mass is 16.3. The lowest BCUT2D eigenvalue weighted by Crippen LogP contribution is -2.27. The molecule has 1 N–H and O–H groups in total. The third-order valence-electron chi connectivity index (χ3n) is 2.28. The maximum Gasteiger partial charge on any atom is 0.223 e. The minimum atomic E-state index is -0.0110. The van der Waals surface area contributed by atoms with E-state index in [1.807, 2.05) is 19.1 Å². The lowest BCUT2D eigenvalue weighted by molar-refractivity contribution is -0.123. The molecule has 0 aliphatic heterocycles. The molecule has 1 aliphatic rings. The van der Waals surface area contributed by atoms with Gasteiger partial charge in [0.2, 0.25) is 5.91 Å². The van der Waals surface area contributed by atoms with Gasteiger partial charge in [-0.3, -0.25) is 4.79 Å². The number of carbonyl (C=O) groups is 1. The Labute approximate surface area is 77.1 Å². The topological polar surface area (TPSA) is 42.2 Å². The van der Waals surface area contributed by atoms with E-state index in [-0.39, 0.29) is 17.9 Å². The zero-order valence-corrected chi connectivity index (χ0v) is 7.62. The predicted molar refractivity (Wildman–Crippen MR) is 48.0 cm³/mol. The molecule has 0 radical (unpaired) electrons. The zero-order valence-electron chi connectivity index (χ0n) is 7.62. The van der Waals surface area contributed by atoms with Gasteiger partial charge in [-0.2, -0.15) is 0 Å². The molecule has 2 rings (SSSR count). The van der Waals surface area contributed by atoms with Crippen molar-refractivity contribution in [1.29, 1.82) is 0 Å². The average Bonchev–Trinajstić information content (AvgIpc) is 2.81. The summed E-state index contributed by atoms with van der Waals surface area (Å²) in [7, 11) is 0. The quantitative estimate of drug-likeness (QED) is 0.769. The van der Waals surface area contributed by atoms with Crippen molar-refractivity contribution in [3.63, 3.8) is 0 Å². The highest BCUT2D eigenvalue weighted by Gasteiger charge is 2.30. The van der Waals surface area contributed by atoms with Crippen molar-refractivity contribution < 1.29 is 9.21 Å². The fourth-order valence-electron chi connectivity index (χ4n) is 1.29. The molecule has 3 nitrogen and oxygen atoms in total. The molecular weight excluding hydrogens is 166 g/mol. The molecule has 3 heteroatoms. The van der Waals surface area contributed by atoms with Crippen LogP contribution in [0.25, 0.3) is 0 Å². The van der Waals surface area contributed by atoms with Gasteiger partial charge in [0, 0.05) is 5.92 Å². The molecule has 1 aromatic heterocycles. The summed E-state index contributed by atoms with van der Waals surface area (Å²) in [5.41, 5.74) is 0. The van der Waals surface area contributed by atoms with Gasteiger partial charge < -0.3 is 9.73 Å². The maximum atomic E-state index is 11.4. The van der Waals surface area contributed by atoms with Crippen LogP contribution in [0.4, 0.5) is 0 Å². The third kappa shape index (κ3) is 1.91. The molecule has 1 fully saturated rings. The Morgan fingerprint density at radius 2 is 2.46 bits per heavy atom. The summed E-state index contributed by atoms with van der Waals surface area (Å²) < 4.78 is 5.18. The number of furan rings is 1. The van der Waals surface area contributed by atoms with Crippen molar-refractivity contribution in [2.75, 3.05) is 0 Å². The molecule has 13 heavy (non-hydrogen) atoms. The van der Waals surface area contributed by atoms with Crippen LogP contribution in [0.2, 0.25) is 0 Å². The zero-order chi connectivity index (χ0) is 9.26. The van der Waals surface area contributed by atoms with Gasteiger partial charge in [-0.15, -0.1) is 0 Å². The van der Waals surface area contributed by atoms with Crippen molar-refractivity contribution in [3.05, 3.63) is 24.2 Å². The van der Waals surface area contributed by atoms with Crippen molar-refractivity contribution in [2.24, 2.45) is 5.92 Å². The smallest absolute Gasteiger partial charge is 0.223 e. The van der Waals surface area contributed by atoms with Crippen molar-refractivity contribution in [1.82, 2.24) is 5.32 Å². The van der Waals surface area contributed by atoms with Crippen LogP contribution in [0.1, 0.15) is 31.6 Å². The van der Waals surface area contributed by atoms with E-state index in [0.717, 1.165) is 18.6 Å². The van der Waals surface area contributed by atoms with E-state index >= 15 is 0 Å². The van der Waals surface area contributed by atoms with E-state index in [1.54, 1.807) is 6.26 Å². The number of hydrogen-bond donors (Lipinski definition) is 1. The minimum Gasteiger partial charge on any atom is -0.467 e. The second-order valence-electron chi connectivity index (χ2n) is 3.52. The Bertz CT molecular complexity index is 288. The van der Waals surface area contributed by atoms with Gasteiger partial charge in [-0.25, -0.2) is 0 Å². The highest BCUT2D eigenvalue weighted by molar-refractivity contribution is 5.81. The molecule has 1 aliphatic carbocycles. The normalized spacial score (nSPS) is 18.2. The van der Waals surface area contributed by atoms with Crippen LogP contribution in [-0.4, -0.2) is 5.91 Å². The Morgan fingerprint density at radius 1 is 1.69 bits per heavy atom. The van der Waals surface area contributed by atoms with Gasteiger partial charge in [-0.05, 0) is 31.9 Å². The monoisotopic (exact) mass is 179 g/mol. The summed E-state index contributed by atoms with van der Waals surface area (Å²) in [6, 6.07) is 3.69. The number of rotatable bonds is 3. The van der Waals surface area contributed by atoms with Crippen molar-refractivity contribution in [2.45, 2.75) is 25.8 Å². The van der Waals surface area contributed by atoms with Crippen LogP contribution in [0, 0.1) is 5.92 Å². The molecule has 1 amide bonds. The van der Waals surface area contributed by atoms with Crippen LogP contribution in [0.5, 0.6) is 0 Å². The first kappa shape index (κ1) is 8.35. The first-order valence-electron chi connectivity index (χ1n) is 4.61. The van der Waals surface area contributed by atoms with E-state index in [9.17, 15) is 4.79 Å². The Kier molecular flexibility index (Phi) is 2.08. The molecule has 1 saturated carbocycles. The SMILES string of the molecule is CC(NC(=O)C1CC1)c1ccco1. The summed E-state index contributed by atoms with van der Waals surface area (Å²) in [5, 5.41) is 2.91. The molecule has 0 aromatic carbocycles. The second kappa shape index (κ2) is 3.24. The van der Waals surface area contributed by atoms with Gasteiger partial charge in [0.1, 0.15) is 5.76 Å². The Morgan fingerprint density at radius 3 is 3.00 bits per heavy atom.